The Bertz CT molecular complexity index is 560. The van der Waals surface area contributed by atoms with E-state index in [1.807, 2.05) is 30.3 Å². The maximum Gasteiger partial charge on any atom is 0.124 e. The van der Waals surface area contributed by atoms with E-state index in [2.05, 4.69) is 23.7 Å². The molecule has 0 aliphatic carbocycles. The summed E-state index contributed by atoms with van der Waals surface area (Å²) in [7, 11) is 1.60. The predicted molar refractivity (Wildman–Crippen MR) is 89.3 cm³/mol. The number of methoxy groups -OCH3 is 1. The Morgan fingerprint density at radius 1 is 1.19 bits per heavy atom. The second-order valence-electron chi connectivity index (χ2n) is 4.72. The molecule has 2 aromatic rings. The summed E-state index contributed by atoms with van der Waals surface area (Å²) in [5, 5.41) is 13.8. The summed E-state index contributed by atoms with van der Waals surface area (Å²) in [5.41, 5.74) is 2.00. The van der Waals surface area contributed by atoms with E-state index in [0.717, 1.165) is 23.4 Å². The first-order valence-corrected chi connectivity index (χ1v) is 8.30. The Kier molecular flexibility index (Phi) is 5.96. The summed E-state index contributed by atoms with van der Waals surface area (Å²) < 4.78 is 5.15. The molecule has 1 atom stereocenters. The first kappa shape index (κ1) is 15.7. The van der Waals surface area contributed by atoms with E-state index in [0.29, 0.717) is 5.75 Å². The van der Waals surface area contributed by atoms with Crippen LogP contribution in [0, 0.1) is 0 Å². The van der Waals surface area contributed by atoms with E-state index >= 15 is 0 Å². The van der Waals surface area contributed by atoms with Crippen LogP contribution in [0.5, 0.6) is 11.5 Å². The number of ether oxygens (including phenoxy) is 1. The first-order chi connectivity index (χ1) is 10.3. The number of hydrogen-bond acceptors (Lipinski definition) is 4. The zero-order valence-electron chi connectivity index (χ0n) is 12.4. The molecule has 1 unspecified atom stereocenters. The molecule has 0 saturated carbocycles. The normalized spacial score (nSPS) is 12.1. The number of hydrogen-bond donors (Lipinski definition) is 2. The van der Waals surface area contributed by atoms with Gasteiger partial charge in [0.1, 0.15) is 11.5 Å². The van der Waals surface area contributed by atoms with Gasteiger partial charge in [-0.2, -0.15) is 11.8 Å². The Labute approximate surface area is 130 Å². The molecule has 0 fully saturated rings. The molecular formula is C17H21NO2S. The van der Waals surface area contributed by atoms with Crippen LogP contribution in [0.25, 0.3) is 0 Å². The number of nitrogens with one attached hydrogen (secondary N) is 1. The fourth-order valence-corrected chi connectivity index (χ4v) is 2.57. The molecule has 0 bridgehead atoms. The molecule has 0 aliphatic heterocycles. The molecule has 2 N–H and O–H groups in total. The van der Waals surface area contributed by atoms with Crippen molar-refractivity contribution < 1.29 is 9.84 Å². The van der Waals surface area contributed by atoms with E-state index in [1.54, 1.807) is 24.9 Å². The Hall–Kier alpha value is -1.65. The van der Waals surface area contributed by atoms with Crippen molar-refractivity contribution in [2.75, 3.05) is 25.7 Å². The number of benzene rings is 2. The smallest absolute Gasteiger partial charge is 0.124 e. The third-order valence-electron chi connectivity index (χ3n) is 3.34. The van der Waals surface area contributed by atoms with Crippen LogP contribution in [0.3, 0.4) is 0 Å². The van der Waals surface area contributed by atoms with Gasteiger partial charge in [-0.25, -0.2) is 0 Å². The second kappa shape index (κ2) is 7.96. The van der Waals surface area contributed by atoms with E-state index < -0.39 is 0 Å². The maximum atomic E-state index is 10.3. The number of rotatable bonds is 7. The van der Waals surface area contributed by atoms with E-state index in [-0.39, 0.29) is 11.8 Å². The summed E-state index contributed by atoms with van der Waals surface area (Å²) in [5.74, 6) is 1.94. The van der Waals surface area contributed by atoms with Gasteiger partial charge in [-0.1, -0.05) is 30.3 Å². The monoisotopic (exact) mass is 303 g/mol. The minimum Gasteiger partial charge on any atom is -0.507 e. The fraction of sp³-hybridized carbons (Fsp3) is 0.294. The quantitative estimate of drug-likeness (QED) is 0.769. The molecule has 2 aromatic carbocycles. The number of aromatic hydroxyl groups is 1. The summed E-state index contributed by atoms with van der Waals surface area (Å²) in [6.45, 7) is 0.881. The molecule has 0 aliphatic rings. The van der Waals surface area contributed by atoms with Gasteiger partial charge >= 0.3 is 0 Å². The SMILES string of the molecule is COc1ccc(C(NCCSC)c2ccccc2)c(O)c1. The Morgan fingerprint density at radius 2 is 1.95 bits per heavy atom. The topological polar surface area (TPSA) is 41.5 Å². The van der Waals surface area contributed by atoms with Gasteiger partial charge in [-0.3, -0.25) is 0 Å². The van der Waals surface area contributed by atoms with Crippen molar-refractivity contribution in [1.82, 2.24) is 5.32 Å². The van der Waals surface area contributed by atoms with Crippen molar-refractivity contribution in [3.8, 4) is 11.5 Å². The Balaban J connectivity index is 2.30. The molecule has 0 heterocycles. The maximum absolute atomic E-state index is 10.3. The zero-order chi connectivity index (χ0) is 15.1. The van der Waals surface area contributed by atoms with Crippen LogP contribution in [0.1, 0.15) is 17.2 Å². The van der Waals surface area contributed by atoms with Gasteiger partial charge in [0.25, 0.3) is 0 Å². The van der Waals surface area contributed by atoms with Crippen molar-refractivity contribution in [3.05, 3.63) is 59.7 Å². The lowest BCUT2D eigenvalue weighted by molar-refractivity contribution is 0.405. The van der Waals surface area contributed by atoms with Crippen LogP contribution in [-0.4, -0.2) is 30.8 Å². The molecule has 0 spiro atoms. The molecule has 21 heavy (non-hydrogen) atoms. The van der Waals surface area contributed by atoms with Crippen molar-refractivity contribution in [1.29, 1.82) is 0 Å². The highest BCUT2D eigenvalue weighted by Crippen LogP contribution is 2.32. The highest BCUT2D eigenvalue weighted by atomic mass is 32.2. The van der Waals surface area contributed by atoms with Crippen molar-refractivity contribution >= 4 is 11.8 Å². The lowest BCUT2D eigenvalue weighted by Gasteiger charge is -2.21. The minimum absolute atomic E-state index is 0.0238. The number of phenolic OH excluding ortho intramolecular Hbond substituents is 1. The molecule has 0 radical (unpaired) electrons. The summed E-state index contributed by atoms with van der Waals surface area (Å²) in [6.07, 6.45) is 2.09. The predicted octanol–water partition coefficient (Wildman–Crippen LogP) is 3.44. The molecule has 0 aromatic heterocycles. The lowest BCUT2D eigenvalue weighted by atomic mass is 9.97. The Morgan fingerprint density at radius 3 is 2.57 bits per heavy atom. The van der Waals surface area contributed by atoms with Gasteiger partial charge in [-0.05, 0) is 24.0 Å². The van der Waals surface area contributed by atoms with Crippen LogP contribution in [0.2, 0.25) is 0 Å². The molecule has 2 rings (SSSR count). The second-order valence-corrected chi connectivity index (χ2v) is 5.70. The van der Waals surface area contributed by atoms with E-state index in [9.17, 15) is 5.11 Å². The van der Waals surface area contributed by atoms with Crippen LogP contribution in [-0.2, 0) is 0 Å². The van der Waals surface area contributed by atoms with Crippen LogP contribution in [0.4, 0.5) is 0 Å². The molecule has 4 heteroatoms. The van der Waals surface area contributed by atoms with Gasteiger partial charge in [0.15, 0.2) is 0 Å². The molecular weight excluding hydrogens is 282 g/mol. The van der Waals surface area contributed by atoms with Crippen LogP contribution >= 0.6 is 11.8 Å². The van der Waals surface area contributed by atoms with Crippen molar-refractivity contribution in [3.63, 3.8) is 0 Å². The molecule has 112 valence electrons. The van der Waals surface area contributed by atoms with Gasteiger partial charge < -0.3 is 15.2 Å². The number of thioether (sulfide) groups is 1. The van der Waals surface area contributed by atoms with Gasteiger partial charge in [0.05, 0.1) is 13.2 Å². The van der Waals surface area contributed by atoms with E-state index in [4.69, 9.17) is 4.74 Å². The van der Waals surface area contributed by atoms with Crippen LogP contribution < -0.4 is 10.1 Å². The summed E-state index contributed by atoms with van der Waals surface area (Å²) in [6, 6.07) is 15.6. The first-order valence-electron chi connectivity index (χ1n) is 6.90. The van der Waals surface area contributed by atoms with Gasteiger partial charge in [0.2, 0.25) is 0 Å². The fourth-order valence-electron chi connectivity index (χ4n) is 2.25. The third kappa shape index (κ3) is 4.16. The minimum atomic E-state index is -0.0238. The molecule has 3 nitrogen and oxygen atoms in total. The summed E-state index contributed by atoms with van der Waals surface area (Å²) >= 11 is 1.80. The van der Waals surface area contributed by atoms with E-state index in [1.165, 1.54) is 0 Å². The zero-order valence-corrected chi connectivity index (χ0v) is 13.2. The third-order valence-corrected chi connectivity index (χ3v) is 3.95. The van der Waals surface area contributed by atoms with Crippen molar-refractivity contribution in [2.24, 2.45) is 0 Å². The molecule has 0 saturated heterocycles. The highest BCUT2D eigenvalue weighted by Gasteiger charge is 2.17. The van der Waals surface area contributed by atoms with Crippen LogP contribution in [0.15, 0.2) is 48.5 Å². The standard InChI is InChI=1S/C17H21NO2S/c1-20-14-8-9-15(16(19)12-14)17(18-10-11-21-2)13-6-4-3-5-7-13/h3-9,12,17-19H,10-11H2,1-2H3. The van der Waals surface area contributed by atoms with Gasteiger partial charge in [-0.15, -0.1) is 0 Å². The largest absolute Gasteiger partial charge is 0.507 e. The average Bonchev–Trinajstić information content (AvgIpc) is 2.53. The average molecular weight is 303 g/mol. The number of phenols is 1. The lowest BCUT2D eigenvalue weighted by Crippen LogP contribution is -2.24. The summed E-state index contributed by atoms with van der Waals surface area (Å²) in [4.78, 5) is 0. The van der Waals surface area contributed by atoms with Crippen molar-refractivity contribution in [2.45, 2.75) is 6.04 Å². The molecule has 0 amide bonds. The van der Waals surface area contributed by atoms with Gasteiger partial charge in [0, 0.05) is 23.9 Å². The highest BCUT2D eigenvalue weighted by molar-refractivity contribution is 7.98.